The van der Waals surface area contributed by atoms with Gasteiger partial charge in [-0.1, -0.05) is 5.10 Å². The highest BCUT2D eigenvalue weighted by Crippen LogP contribution is 2.34. The maximum atomic E-state index is 13.0. The predicted octanol–water partition coefficient (Wildman–Crippen LogP) is 4.83. The number of nitrogens with zero attached hydrogens (tertiary/aromatic N) is 4. The third-order valence-electron chi connectivity index (χ3n) is 4.82. The van der Waals surface area contributed by atoms with E-state index in [1.165, 1.54) is 11.0 Å². The zero-order valence-electron chi connectivity index (χ0n) is 20.4. The van der Waals surface area contributed by atoms with Crippen LogP contribution in [0.3, 0.4) is 0 Å². The number of anilines is 1. The SMILES string of the molecule is CC(C)(C)OC(=O)N1CC(Nc2ccc(OC(F)(F)F)nc2)CCC1c1nnc(OCCOC(F)(F)F)o1. The molecule has 1 saturated heterocycles. The Morgan fingerprint density at radius 1 is 1.08 bits per heavy atom. The number of ether oxygens (including phenoxy) is 4. The summed E-state index contributed by atoms with van der Waals surface area (Å²) in [6, 6.07) is 1.31. The van der Waals surface area contributed by atoms with E-state index in [1.54, 1.807) is 20.8 Å². The second-order valence-electron chi connectivity index (χ2n) is 9.05. The van der Waals surface area contributed by atoms with E-state index in [4.69, 9.17) is 13.9 Å². The average Bonchev–Trinajstić information content (AvgIpc) is 3.24. The van der Waals surface area contributed by atoms with Crippen LogP contribution in [0, 0.1) is 0 Å². The number of pyridine rings is 1. The molecule has 0 saturated carbocycles. The van der Waals surface area contributed by atoms with E-state index < -0.39 is 55.6 Å². The van der Waals surface area contributed by atoms with E-state index >= 15 is 0 Å². The zero-order valence-corrected chi connectivity index (χ0v) is 20.4. The molecule has 0 aromatic carbocycles. The maximum Gasteiger partial charge on any atom is 0.574 e. The Kier molecular flexibility index (Phi) is 8.79. The summed E-state index contributed by atoms with van der Waals surface area (Å²) in [5.74, 6) is -0.641. The molecule has 212 valence electrons. The number of hydrogen-bond acceptors (Lipinski definition) is 10. The summed E-state index contributed by atoms with van der Waals surface area (Å²) in [7, 11) is 0. The zero-order chi connectivity index (χ0) is 28.1. The smallest absolute Gasteiger partial charge is 0.447 e. The van der Waals surface area contributed by atoms with E-state index in [0.29, 0.717) is 18.5 Å². The lowest BCUT2D eigenvalue weighted by Crippen LogP contribution is -2.48. The molecule has 17 heteroatoms. The summed E-state index contributed by atoms with van der Waals surface area (Å²) < 4.78 is 96.5. The number of hydrogen-bond donors (Lipinski definition) is 1. The molecule has 2 aromatic rings. The number of halogens is 6. The molecule has 1 aliphatic heterocycles. The Morgan fingerprint density at radius 3 is 2.42 bits per heavy atom. The molecule has 38 heavy (non-hydrogen) atoms. The van der Waals surface area contributed by atoms with Crippen LogP contribution in [0.5, 0.6) is 12.0 Å². The fraction of sp³-hybridized carbons (Fsp3) is 0.619. The number of likely N-dealkylation sites (tertiary alicyclic amines) is 1. The van der Waals surface area contributed by atoms with Crippen molar-refractivity contribution in [3.63, 3.8) is 0 Å². The summed E-state index contributed by atoms with van der Waals surface area (Å²) in [6.07, 6.45) is -8.84. The molecule has 3 heterocycles. The molecule has 0 spiro atoms. The number of aromatic nitrogens is 3. The normalized spacial score (nSPS) is 18.7. The number of nitrogens with one attached hydrogen (secondary N) is 1. The van der Waals surface area contributed by atoms with Crippen molar-refractivity contribution in [3.8, 4) is 12.0 Å². The molecule has 0 aliphatic carbocycles. The molecule has 2 aromatic heterocycles. The molecular formula is C21H25F6N5O6. The van der Waals surface area contributed by atoms with Crippen molar-refractivity contribution in [2.75, 3.05) is 25.1 Å². The molecule has 3 rings (SSSR count). The highest BCUT2D eigenvalue weighted by Gasteiger charge is 2.38. The predicted molar refractivity (Wildman–Crippen MR) is 115 cm³/mol. The first kappa shape index (κ1) is 29.1. The van der Waals surface area contributed by atoms with E-state index in [9.17, 15) is 31.1 Å². The number of amides is 1. The van der Waals surface area contributed by atoms with Crippen molar-refractivity contribution in [3.05, 3.63) is 24.2 Å². The van der Waals surface area contributed by atoms with Crippen LogP contribution in [0.1, 0.15) is 45.5 Å². The number of alkyl halides is 6. The number of carbonyl (C=O) groups excluding carboxylic acids is 1. The van der Waals surface area contributed by atoms with Gasteiger partial charge < -0.3 is 23.9 Å². The summed E-state index contributed by atoms with van der Waals surface area (Å²) in [5.41, 5.74) is -0.441. The molecule has 2 unspecified atom stereocenters. The minimum Gasteiger partial charge on any atom is -0.447 e. The van der Waals surface area contributed by atoms with E-state index in [-0.39, 0.29) is 18.5 Å². The first-order valence-corrected chi connectivity index (χ1v) is 11.2. The Labute approximate surface area is 212 Å². The van der Waals surface area contributed by atoms with Crippen LogP contribution in [0.4, 0.5) is 36.8 Å². The first-order valence-electron chi connectivity index (χ1n) is 11.2. The first-order chi connectivity index (χ1) is 17.6. The second kappa shape index (κ2) is 11.5. The lowest BCUT2D eigenvalue weighted by molar-refractivity contribution is -0.325. The molecule has 2 atom stereocenters. The molecule has 0 radical (unpaired) electrons. The Hall–Kier alpha value is -3.50. The number of piperidine rings is 1. The van der Waals surface area contributed by atoms with Crippen LogP contribution >= 0.6 is 0 Å². The molecular weight excluding hydrogens is 532 g/mol. The molecule has 11 nitrogen and oxygen atoms in total. The van der Waals surface area contributed by atoms with Gasteiger partial charge in [0, 0.05) is 18.7 Å². The van der Waals surface area contributed by atoms with Crippen molar-refractivity contribution in [2.24, 2.45) is 0 Å². The molecule has 1 aliphatic rings. The highest BCUT2D eigenvalue weighted by molar-refractivity contribution is 5.69. The number of carbonyl (C=O) groups is 1. The Morgan fingerprint density at radius 2 is 1.82 bits per heavy atom. The summed E-state index contributed by atoms with van der Waals surface area (Å²) in [6.45, 7) is 3.82. The molecule has 0 bridgehead atoms. The van der Waals surface area contributed by atoms with Crippen molar-refractivity contribution in [1.29, 1.82) is 0 Å². The fourth-order valence-electron chi connectivity index (χ4n) is 3.45. The van der Waals surface area contributed by atoms with Crippen LogP contribution in [0.2, 0.25) is 0 Å². The third kappa shape index (κ3) is 9.42. The van der Waals surface area contributed by atoms with Gasteiger partial charge in [0.05, 0.1) is 18.5 Å². The van der Waals surface area contributed by atoms with Crippen LogP contribution in [-0.2, 0) is 9.47 Å². The van der Waals surface area contributed by atoms with Crippen LogP contribution in [0.15, 0.2) is 22.7 Å². The minimum atomic E-state index is -4.87. The van der Waals surface area contributed by atoms with Gasteiger partial charge in [-0.3, -0.25) is 9.64 Å². The number of rotatable bonds is 8. The third-order valence-corrected chi connectivity index (χ3v) is 4.82. The highest BCUT2D eigenvalue weighted by atomic mass is 19.4. The van der Waals surface area contributed by atoms with Crippen LogP contribution < -0.4 is 14.8 Å². The largest absolute Gasteiger partial charge is 0.574 e. The summed E-state index contributed by atoms with van der Waals surface area (Å²) >= 11 is 0. The van der Waals surface area contributed by atoms with Gasteiger partial charge in [-0.05, 0) is 39.7 Å². The van der Waals surface area contributed by atoms with Gasteiger partial charge in [0.25, 0.3) is 0 Å². The van der Waals surface area contributed by atoms with Gasteiger partial charge in [0.1, 0.15) is 18.2 Å². The lowest BCUT2D eigenvalue weighted by Gasteiger charge is -2.39. The Balaban J connectivity index is 1.67. The molecule has 1 amide bonds. The Bertz CT molecular complexity index is 1060. The topological polar surface area (TPSA) is 121 Å². The minimum absolute atomic E-state index is 0.0173. The van der Waals surface area contributed by atoms with Gasteiger partial charge in [-0.2, -0.15) is 0 Å². The molecule has 1 fully saturated rings. The van der Waals surface area contributed by atoms with Gasteiger partial charge in [-0.15, -0.1) is 31.4 Å². The standard InChI is InChI=1S/C21H25F6N5O6/c1-19(2,3)38-18(33)32-11-13(29-12-5-7-15(28-10-12)37-21(25,26)27)4-6-14(32)16-30-31-17(36-16)34-8-9-35-20(22,23)24/h5,7,10,13-14,29H,4,6,8-9,11H2,1-3H3. The monoisotopic (exact) mass is 557 g/mol. The second-order valence-corrected chi connectivity index (χ2v) is 9.05. The molecule has 1 N–H and O–H groups in total. The van der Waals surface area contributed by atoms with Gasteiger partial charge in [0.15, 0.2) is 0 Å². The lowest BCUT2D eigenvalue weighted by atomic mass is 9.98. The van der Waals surface area contributed by atoms with Gasteiger partial charge in [-0.25, -0.2) is 9.78 Å². The van der Waals surface area contributed by atoms with E-state index in [1.807, 2.05) is 0 Å². The van der Waals surface area contributed by atoms with Crippen molar-refractivity contribution < 1.29 is 54.5 Å². The van der Waals surface area contributed by atoms with Gasteiger partial charge in [0.2, 0.25) is 11.8 Å². The quantitative estimate of drug-likeness (QED) is 0.357. The summed E-state index contributed by atoms with van der Waals surface area (Å²) in [4.78, 5) is 17.9. The van der Waals surface area contributed by atoms with Gasteiger partial charge >= 0.3 is 24.9 Å². The summed E-state index contributed by atoms with van der Waals surface area (Å²) in [5, 5.41) is 10.6. The maximum absolute atomic E-state index is 13.0. The van der Waals surface area contributed by atoms with E-state index in [0.717, 1.165) is 12.3 Å². The average molecular weight is 557 g/mol. The van der Waals surface area contributed by atoms with Crippen molar-refractivity contribution >= 4 is 11.8 Å². The van der Waals surface area contributed by atoms with Crippen molar-refractivity contribution in [2.45, 2.75) is 64.0 Å². The van der Waals surface area contributed by atoms with E-state index in [2.05, 4.69) is 30.0 Å². The fourth-order valence-corrected chi connectivity index (χ4v) is 3.45. The van der Waals surface area contributed by atoms with Crippen molar-refractivity contribution in [1.82, 2.24) is 20.1 Å². The van der Waals surface area contributed by atoms with Crippen LogP contribution in [-0.4, -0.2) is 70.3 Å². The van der Waals surface area contributed by atoms with Crippen LogP contribution in [0.25, 0.3) is 0 Å².